The Morgan fingerprint density at radius 2 is 1.57 bits per heavy atom. The van der Waals surface area contributed by atoms with Crippen molar-refractivity contribution in [2.24, 2.45) is 5.73 Å². The van der Waals surface area contributed by atoms with E-state index in [4.69, 9.17) is 5.73 Å². The van der Waals surface area contributed by atoms with Gasteiger partial charge in [0.25, 0.3) is 0 Å². The van der Waals surface area contributed by atoms with E-state index in [1.165, 1.54) is 12.1 Å². The molecule has 2 aromatic carbocycles. The maximum Gasteiger partial charge on any atom is 0.416 e. The summed E-state index contributed by atoms with van der Waals surface area (Å²) in [6.07, 6.45) is -4.33. The first kappa shape index (κ1) is 16.0. The predicted molar refractivity (Wildman–Crippen MR) is 81.1 cm³/mol. The Labute approximate surface area is 130 Å². The van der Waals surface area contributed by atoms with Crippen LogP contribution in [0.1, 0.15) is 33.9 Å². The van der Waals surface area contributed by atoms with Gasteiger partial charge in [-0.3, -0.25) is 0 Å². The molecule has 2 rings (SSSR count). The van der Waals surface area contributed by atoms with Gasteiger partial charge in [0, 0.05) is 4.47 Å². The van der Waals surface area contributed by atoms with Crippen molar-refractivity contribution in [2.75, 3.05) is 0 Å². The SMILES string of the molecule is Cc1cc(C(N)c2ccc(C(F)(F)F)cc2)c(C)cc1Br. The van der Waals surface area contributed by atoms with E-state index in [2.05, 4.69) is 15.9 Å². The second-order valence-electron chi connectivity index (χ2n) is 5.06. The highest BCUT2D eigenvalue weighted by Crippen LogP contribution is 2.32. The zero-order valence-corrected chi connectivity index (χ0v) is 13.2. The van der Waals surface area contributed by atoms with E-state index in [1.54, 1.807) is 0 Å². The Hall–Kier alpha value is -1.33. The minimum absolute atomic E-state index is 0.445. The number of alkyl halides is 3. The molecule has 0 heterocycles. The summed E-state index contributed by atoms with van der Waals surface area (Å²) in [5.74, 6) is 0. The third-order valence-electron chi connectivity index (χ3n) is 3.48. The third kappa shape index (κ3) is 3.47. The molecule has 1 atom stereocenters. The molecule has 0 aromatic heterocycles. The van der Waals surface area contributed by atoms with Gasteiger partial charge in [-0.05, 0) is 54.3 Å². The van der Waals surface area contributed by atoms with Crippen molar-refractivity contribution in [1.29, 1.82) is 0 Å². The first-order valence-electron chi connectivity index (χ1n) is 6.39. The molecule has 21 heavy (non-hydrogen) atoms. The van der Waals surface area contributed by atoms with Crippen LogP contribution in [0, 0.1) is 13.8 Å². The Morgan fingerprint density at radius 3 is 2.10 bits per heavy atom. The molecule has 5 heteroatoms. The van der Waals surface area contributed by atoms with E-state index in [-0.39, 0.29) is 0 Å². The minimum atomic E-state index is -4.33. The van der Waals surface area contributed by atoms with Crippen LogP contribution in [-0.4, -0.2) is 0 Å². The quantitative estimate of drug-likeness (QED) is 0.791. The molecule has 0 saturated heterocycles. The Balaban J connectivity index is 2.36. The second kappa shape index (κ2) is 5.81. The molecule has 0 amide bonds. The Bertz CT molecular complexity index is 648. The van der Waals surface area contributed by atoms with Crippen LogP contribution in [0.3, 0.4) is 0 Å². The summed E-state index contributed by atoms with van der Waals surface area (Å²) in [5.41, 5.74) is 9.15. The first-order chi connectivity index (χ1) is 9.70. The highest BCUT2D eigenvalue weighted by Gasteiger charge is 2.30. The molecule has 0 radical (unpaired) electrons. The van der Waals surface area contributed by atoms with Crippen LogP contribution in [-0.2, 0) is 6.18 Å². The van der Waals surface area contributed by atoms with Gasteiger partial charge in [-0.25, -0.2) is 0 Å². The van der Waals surface area contributed by atoms with Gasteiger partial charge in [0.15, 0.2) is 0 Å². The molecular formula is C16H15BrF3N. The van der Waals surface area contributed by atoms with Gasteiger partial charge in [0.1, 0.15) is 0 Å². The summed E-state index contributed by atoms with van der Waals surface area (Å²) in [4.78, 5) is 0. The molecule has 0 saturated carbocycles. The summed E-state index contributed by atoms with van der Waals surface area (Å²) < 4.78 is 38.7. The molecule has 0 aliphatic rings. The number of halogens is 4. The van der Waals surface area contributed by atoms with Crippen LogP contribution in [0.25, 0.3) is 0 Å². The fourth-order valence-electron chi connectivity index (χ4n) is 2.20. The minimum Gasteiger partial charge on any atom is -0.320 e. The number of benzene rings is 2. The lowest BCUT2D eigenvalue weighted by Gasteiger charge is -2.17. The van der Waals surface area contributed by atoms with E-state index in [1.807, 2.05) is 26.0 Å². The van der Waals surface area contributed by atoms with Gasteiger partial charge in [-0.2, -0.15) is 13.2 Å². The molecule has 1 nitrogen and oxygen atoms in total. The number of aryl methyl sites for hydroxylation is 2. The molecule has 112 valence electrons. The van der Waals surface area contributed by atoms with Crippen LogP contribution in [0.5, 0.6) is 0 Å². The van der Waals surface area contributed by atoms with Gasteiger partial charge < -0.3 is 5.73 Å². The van der Waals surface area contributed by atoms with E-state index < -0.39 is 17.8 Å². The average Bonchev–Trinajstić information content (AvgIpc) is 2.41. The molecule has 0 spiro atoms. The summed E-state index contributed by atoms with van der Waals surface area (Å²) in [7, 11) is 0. The van der Waals surface area contributed by atoms with Gasteiger partial charge in [0.05, 0.1) is 11.6 Å². The highest BCUT2D eigenvalue weighted by atomic mass is 79.9. The van der Waals surface area contributed by atoms with Crippen molar-refractivity contribution >= 4 is 15.9 Å². The van der Waals surface area contributed by atoms with Crippen molar-refractivity contribution in [3.05, 3.63) is 68.7 Å². The average molecular weight is 358 g/mol. The van der Waals surface area contributed by atoms with E-state index >= 15 is 0 Å². The number of nitrogens with two attached hydrogens (primary N) is 1. The van der Waals surface area contributed by atoms with Crippen LogP contribution in [0.15, 0.2) is 40.9 Å². The highest BCUT2D eigenvalue weighted by molar-refractivity contribution is 9.10. The number of hydrogen-bond acceptors (Lipinski definition) is 1. The zero-order valence-electron chi connectivity index (χ0n) is 11.6. The lowest BCUT2D eigenvalue weighted by atomic mass is 9.94. The molecule has 0 bridgehead atoms. The molecule has 1 unspecified atom stereocenters. The maximum atomic E-state index is 12.6. The van der Waals surface area contributed by atoms with E-state index in [9.17, 15) is 13.2 Å². The van der Waals surface area contributed by atoms with Crippen LogP contribution >= 0.6 is 15.9 Å². The molecule has 2 aromatic rings. The van der Waals surface area contributed by atoms with Gasteiger partial charge in [-0.15, -0.1) is 0 Å². The van der Waals surface area contributed by atoms with Crippen molar-refractivity contribution in [1.82, 2.24) is 0 Å². The maximum absolute atomic E-state index is 12.6. The Morgan fingerprint density at radius 1 is 1.00 bits per heavy atom. The lowest BCUT2D eigenvalue weighted by Crippen LogP contribution is -2.14. The van der Waals surface area contributed by atoms with E-state index in [0.717, 1.165) is 33.3 Å². The van der Waals surface area contributed by atoms with Crippen molar-refractivity contribution in [3.8, 4) is 0 Å². The van der Waals surface area contributed by atoms with Crippen LogP contribution in [0.4, 0.5) is 13.2 Å². The molecule has 0 aliphatic carbocycles. The monoisotopic (exact) mass is 357 g/mol. The molecule has 0 fully saturated rings. The third-order valence-corrected chi connectivity index (χ3v) is 4.33. The summed E-state index contributed by atoms with van der Waals surface area (Å²) in [6.45, 7) is 3.88. The smallest absolute Gasteiger partial charge is 0.320 e. The Kier molecular flexibility index (Phi) is 4.44. The van der Waals surface area contributed by atoms with Gasteiger partial charge >= 0.3 is 6.18 Å². The summed E-state index contributed by atoms with van der Waals surface area (Å²) in [5, 5.41) is 0. The fourth-order valence-corrected chi connectivity index (χ4v) is 2.66. The molecule has 2 N–H and O–H groups in total. The standard InChI is InChI=1S/C16H15BrF3N/c1-9-8-14(17)10(2)7-13(9)15(21)11-3-5-12(6-4-11)16(18,19)20/h3-8,15H,21H2,1-2H3. The summed E-state index contributed by atoms with van der Waals surface area (Å²) >= 11 is 3.45. The molecule has 0 aliphatic heterocycles. The van der Waals surface area contributed by atoms with Crippen LogP contribution in [0.2, 0.25) is 0 Å². The van der Waals surface area contributed by atoms with Crippen LogP contribution < -0.4 is 5.73 Å². The second-order valence-corrected chi connectivity index (χ2v) is 5.91. The zero-order chi connectivity index (χ0) is 15.8. The number of rotatable bonds is 2. The van der Waals surface area contributed by atoms with Gasteiger partial charge in [0.2, 0.25) is 0 Å². The first-order valence-corrected chi connectivity index (χ1v) is 7.19. The van der Waals surface area contributed by atoms with Crippen molar-refractivity contribution in [2.45, 2.75) is 26.1 Å². The fraction of sp³-hybridized carbons (Fsp3) is 0.250. The van der Waals surface area contributed by atoms with E-state index in [0.29, 0.717) is 5.56 Å². The largest absolute Gasteiger partial charge is 0.416 e. The predicted octanol–water partition coefficient (Wildman–Crippen LogP) is 5.13. The molecular weight excluding hydrogens is 343 g/mol. The normalized spacial score (nSPS) is 13.3. The summed E-state index contributed by atoms with van der Waals surface area (Å²) in [6, 6.07) is 8.48. The van der Waals surface area contributed by atoms with Crippen molar-refractivity contribution in [3.63, 3.8) is 0 Å². The van der Waals surface area contributed by atoms with Crippen molar-refractivity contribution < 1.29 is 13.2 Å². The topological polar surface area (TPSA) is 26.0 Å². The van der Waals surface area contributed by atoms with Gasteiger partial charge in [-0.1, -0.05) is 34.1 Å². The lowest BCUT2D eigenvalue weighted by molar-refractivity contribution is -0.137. The number of hydrogen-bond donors (Lipinski definition) is 1.